The van der Waals surface area contributed by atoms with Crippen molar-refractivity contribution in [2.24, 2.45) is 0 Å². The number of hydrogen-bond acceptors (Lipinski definition) is 4. The Kier molecular flexibility index (Phi) is 7.26. The zero-order chi connectivity index (χ0) is 25.9. The predicted octanol–water partition coefficient (Wildman–Crippen LogP) is 6.61. The van der Waals surface area contributed by atoms with E-state index in [0.29, 0.717) is 16.7 Å². The van der Waals surface area contributed by atoms with Gasteiger partial charge in [0.15, 0.2) is 5.11 Å². The van der Waals surface area contributed by atoms with Crippen LogP contribution in [0.15, 0.2) is 83.4 Å². The van der Waals surface area contributed by atoms with Crippen LogP contribution in [0.25, 0.3) is 11.3 Å². The van der Waals surface area contributed by atoms with Crippen LogP contribution in [0.5, 0.6) is 0 Å². The number of hydrogen-bond donors (Lipinski definition) is 2. The van der Waals surface area contributed by atoms with Gasteiger partial charge < -0.3 is 20.0 Å². The van der Waals surface area contributed by atoms with Crippen LogP contribution < -0.4 is 10.6 Å². The van der Waals surface area contributed by atoms with Crippen molar-refractivity contribution < 1.29 is 9.21 Å². The highest BCUT2D eigenvalue weighted by molar-refractivity contribution is 7.80. The van der Waals surface area contributed by atoms with E-state index < -0.39 is 0 Å². The second kappa shape index (κ2) is 10.7. The molecule has 1 aliphatic rings. The van der Waals surface area contributed by atoms with E-state index in [0.717, 1.165) is 39.6 Å². The van der Waals surface area contributed by atoms with Gasteiger partial charge in [-0.1, -0.05) is 29.8 Å². The van der Waals surface area contributed by atoms with Crippen LogP contribution in [0.2, 0.25) is 5.02 Å². The van der Waals surface area contributed by atoms with Crippen molar-refractivity contribution in [1.29, 1.82) is 0 Å². The van der Waals surface area contributed by atoms with Crippen LogP contribution in [0.1, 0.15) is 41.1 Å². The monoisotopic (exact) mass is 530 g/mol. The molecule has 4 aromatic rings. The molecule has 0 aliphatic carbocycles. The first kappa shape index (κ1) is 25.0. The second-order valence-electron chi connectivity index (χ2n) is 9.15. The van der Waals surface area contributed by atoms with Crippen LogP contribution >= 0.6 is 23.8 Å². The summed E-state index contributed by atoms with van der Waals surface area (Å²) >= 11 is 11.8. The third-order valence-electron chi connectivity index (χ3n) is 6.49. The number of furan rings is 1. The summed E-state index contributed by atoms with van der Waals surface area (Å²) in [7, 11) is 0. The predicted molar refractivity (Wildman–Crippen MR) is 150 cm³/mol. The molecule has 6 nitrogen and oxygen atoms in total. The minimum Gasteiger partial charge on any atom is -0.459 e. The van der Waals surface area contributed by atoms with Gasteiger partial charge in [-0.2, -0.15) is 0 Å². The Bertz CT molecular complexity index is 1420. The van der Waals surface area contributed by atoms with E-state index in [2.05, 4.69) is 15.6 Å². The maximum Gasteiger partial charge on any atom is 0.226 e. The summed E-state index contributed by atoms with van der Waals surface area (Å²) in [5, 5.41) is 7.67. The van der Waals surface area contributed by atoms with Gasteiger partial charge in [0.2, 0.25) is 5.91 Å². The minimum atomic E-state index is -0.267. The van der Waals surface area contributed by atoms with Crippen LogP contribution in [0, 0.1) is 13.8 Å². The lowest BCUT2D eigenvalue weighted by Crippen LogP contribution is -2.32. The first-order valence-corrected chi connectivity index (χ1v) is 12.9. The van der Waals surface area contributed by atoms with Crippen molar-refractivity contribution in [3.63, 3.8) is 0 Å². The van der Waals surface area contributed by atoms with Crippen LogP contribution in [-0.4, -0.2) is 27.4 Å². The normalized spacial score (nSPS) is 17.1. The standard InChI is InChI=1S/C29H27ClN4O2S/c1-18-6-7-19(2)23(17-18)32-26(35)14-16-34-28(27(33-29(34)37)22-5-3-4-15-31-22)25-13-12-24(36-25)20-8-10-21(30)11-9-20/h3-13,15,17,27-28H,14,16H2,1-2H3,(H,32,35)(H,33,37)/t27-,28-/m1/s1. The molecule has 37 heavy (non-hydrogen) atoms. The zero-order valence-electron chi connectivity index (χ0n) is 20.6. The molecule has 0 saturated carbocycles. The summed E-state index contributed by atoms with van der Waals surface area (Å²) in [4.78, 5) is 19.5. The molecule has 5 rings (SSSR count). The number of rotatable bonds is 7. The van der Waals surface area contributed by atoms with E-state index in [9.17, 15) is 4.79 Å². The number of halogens is 1. The largest absolute Gasteiger partial charge is 0.459 e. The Morgan fingerprint density at radius 1 is 1.11 bits per heavy atom. The summed E-state index contributed by atoms with van der Waals surface area (Å²) < 4.78 is 6.34. The number of carbonyl (C=O) groups excluding carboxylic acids is 1. The summed E-state index contributed by atoms with van der Waals surface area (Å²) in [5.74, 6) is 1.40. The van der Waals surface area contributed by atoms with Gasteiger partial charge in [-0.25, -0.2) is 0 Å². The molecular formula is C29H27ClN4O2S. The Morgan fingerprint density at radius 2 is 1.92 bits per heavy atom. The highest BCUT2D eigenvalue weighted by Crippen LogP contribution is 2.40. The van der Waals surface area contributed by atoms with Crippen molar-refractivity contribution in [2.75, 3.05) is 11.9 Å². The van der Waals surface area contributed by atoms with E-state index in [1.165, 1.54) is 0 Å². The molecule has 188 valence electrons. The highest BCUT2D eigenvalue weighted by atomic mass is 35.5. The molecule has 1 amide bonds. The second-order valence-corrected chi connectivity index (χ2v) is 9.97. The average molecular weight is 531 g/mol. The number of pyridine rings is 1. The van der Waals surface area contributed by atoms with E-state index in [-0.39, 0.29) is 24.4 Å². The van der Waals surface area contributed by atoms with Crippen LogP contribution in [-0.2, 0) is 4.79 Å². The number of nitrogens with one attached hydrogen (secondary N) is 2. The van der Waals surface area contributed by atoms with Gasteiger partial charge in [-0.15, -0.1) is 0 Å². The van der Waals surface area contributed by atoms with E-state index in [1.54, 1.807) is 6.20 Å². The Morgan fingerprint density at radius 3 is 2.68 bits per heavy atom. The Balaban J connectivity index is 1.39. The molecule has 0 unspecified atom stereocenters. The fourth-order valence-corrected chi connectivity index (χ4v) is 5.00. The summed E-state index contributed by atoms with van der Waals surface area (Å²) in [6.45, 7) is 4.41. The molecule has 1 aliphatic heterocycles. The number of carbonyl (C=O) groups is 1. The third kappa shape index (κ3) is 5.53. The Labute approximate surface area is 226 Å². The minimum absolute atomic E-state index is 0.0714. The molecule has 3 heterocycles. The van der Waals surface area contributed by atoms with Crippen molar-refractivity contribution in [3.05, 3.63) is 107 Å². The molecule has 8 heteroatoms. The van der Waals surface area contributed by atoms with Crippen molar-refractivity contribution in [2.45, 2.75) is 32.4 Å². The molecule has 0 radical (unpaired) electrons. The lowest BCUT2D eigenvalue weighted by Gasteiger charge is -2.26. The van der Waals surface area contributed by atoms with Gasteiger partial charge >= 0.3 is 0 Å². The van der Waals surface area contributed by atoms with Gasteiger partial charge in [0.1, 0.15) is 17.6 Å². The van der Waals surface area contributed by atoms with E-state index in [1.807, 2.05) is 91.5 Å². The fraction of sp³-hybridized carbons (Fsp3) is 0.207. The van der Waals surface area contributed by atoms with Crippen LogP contribution in [0.3, 0.4) is 0 Å². The van der Waals surface area contributed by atoms with E-state index in [4.69, 9.17) is 28.2 Å². The molecule has 1 fully saturated rings. The lowest BCUT2D eigenvalue weighted by molar-refractivity contribution is -0.116. The zero-order valence-corrected chi connectivity index (χ0v) is 22.1. The lowest BCUT2D eigenvalue weighted by atomic mass is 10.0. The first-order valence-electron chi connectivity index (χ1n) is 12.1. The summed E-state index contributed by atoms with van der Waals surface area (Å²) in [6.07, 6.45) is 2.03. The molecule has 2 aromatic carbocycles. The fourth-order valence-electron chi connectivity index (χ4n) is 4.54. The number of aryl methyl sites for hydroxylation is 2. The number of amides is 1. The number of thiocarbonyl (C=S) groups is 1. The molecular weight excluding hydrogens is 504 g/mol. The topological polar surface area (TPSA) is 70.4 Å². The number of aromatic nitrogens is 1. The molecule has 2 aromatic heterocycles. The maximum atomic E-state index is 12.9. The molecule has 2 N–H and O–H groups in total. The Hall–Kier alpha value is -3.68. The van der Waals surface area contributed by atoms with Gasteiger partial charge in [0.05, 0.1) is 11.7 Å². The molecule has 0 bridgehead atoms. The van der Waals surface area contributed by atoms with Crippen molar-refractivity contribution in [3.8, 4) is 11.3 Å². The number of anilines is 1. The maximum absolute atomic E-state index is 12.9. The van der Waals surface area contributed by atoms with Gasteiger partial charge in [-0.3, -0.25) is 9.78 Å². The number of benzene rings is 2. The van der Waals surface area contributed by atoms with Gasteiger partial charge in [-0.05, 0) is 91.8 Å². The smallest absolute Gasteiger partial charge is 0.226 e. The SMILES string of the molecule is Cc1ccc(C)c(NC(=O)CCN2C(=S)N[C@H](c3ccccn3)[C@H]2c2ccc(-c3ccc(Cl)cc3)o2)c1. The first-order chi connectivity index (χ1) is 17.9. The van der Waals surface area contributed by atoms with Gasteiger partial charge in [0, 0.05) is 35.4 Å². The van der Waals surface area contributed by atoms with Gasteiger partial charge in [0.25, 0.3) is 0 Å². The third-order valence-corrected chi connectivity index (χ3v) is 7.10. The number of nitrogens with zero attached hydrogens (tertiary/aromatic N) is 2. The summed E-state index contributed by atoms with van der Waals surface area (Å²) in [6, 6.07) is 22.8. The highest BCUT2D eigenvalue weighted by Gasteiger charge is 2.41. The quantitative estimate of drug-likeness (QED) is 0.262. The molecule has 0 spiro atoms. The average Bonchev–Trinajstić information content (AvgIpc) is 3.50. The van der Waals surface area contributed by atoms with E-state index >= 15 is 0 Å². The summed E-state index contributed by atoms with van der Waals surface area (Å²) in [5.41, 5.74) is 4.72. The van der Waals surface area contributed by atoms with Crippen LogP contribution in [0.4, 0.5) is 5.69 Å². The molecule has 2 atom stereocenters. The van der Waals surface area contributed by atoms with Crippen molar-refractivity contribution >= 4 is 40.5 Å². The van der Waals surface area contributed by atoms with Crippen molar-refractivity contribution in [1.82, 2.24) is 15.2 Å². The molecule has 1 saturated heterocycles.